The Hall–Kier alpha value is -5.09. The highest BCUT2D eigenvalue weighted by molar-refractivity contribution is 5.70. The molecule has 0 rings (SSSR count). The molecule has 0 aromatic rings. The molecule has 9 heteroatoms. The molecule has 0 aliphatic rings. The zero-order valence-electron chi connectivity index (χ0n) is 54.7. The molecule has 2 unspecified atom stereocenters. The van der Waals surface area contributed by atoms with Crippen molar-refractivity contribution in [2.75, 3.05) is 47.5 Å². The summed E-state index contributed by atoms with van der Waals surface area (Å²) >= 11 is 0. The molecular formula is C76H123NO8. The normalized spacial score (nSPS) is 13.8. The van der Waals surface area contributed by atoms with E-state index >= 15 is 0 Å². The first kappa shape index (κ1) is 79.9. The Labute approximate surface area is 521 Å². The third-order valence-electron chi connectivity index (χ3n) is 13.8. The van der Waals surface area contributed by atoms with Gasteiger partial charge in [-0.05, 0) is 128 Å². The standard InChI is InChI=1S/C76H123NO8/c1-6-8-10-12-14-16-18-20-22-24-26-27-28-29-30-31-32-33-34-35-36-37-38-39-40-41-42-43-44-45-46-47-49-51-53-55-57-59-61-63-65-67-74(79)85-72(71-84-76(75(80)81)82-69-68-77(3,4)5)70-83-73(78)66-64-62-60-58-56-54-52-50-48-25-23-21-19-17-15-13-11-9-7-2/h8,10,14-17,20-23,26-27,29-30,32-33,35-36,38-39,41-42,44-45,47,49,72,76H,6-7,9,11-13,18-19,24-25,28,31,34,37,40,43,46,48,50-71H2,1-5H3/b10-8-,16-14-,17-15-,22-20-,23-21-,27-26-,30-29-,33-32-,36-35-,39-38-,42-41-,45-44-,49-47-. The maximum absolute atomic E-state index is 12.9. The first-order valence-corrected chi connectivity index (χ1v) is 33.6. The maximum Gasteiger partial charge on any atom is 0.306 e. The molecule has 9 nitrogen and oxygen atoms in total. The molecule has 0 amide bonds. The number of carbonyl (C=O) groups is 3. The van der Waals surface area contributed by atoms with Crippen molar-refractivity contribution < 1.29 is 42.9 Å². The molecule has 85 heavy (non-hydrogen) atoms. The predicted octanol–water partition coefficient (Wildman–Crippen LogP) is 19.6. The summed E-state index contributed by atoms with van der Waals surface area (Å²) in [6, 6.07) is 0. The molecule has 0 bridgehead atoms. The Morgan fingerprint density at radius 2 is 0.671 bits per heavy atom. The highest BCUT2D eigenvalue weighted by Gasteiger charge is 2.22. The monoisotopic (exact) mass is 1180 g/mol. The molecule has 0 saturated carbocycles. The van der Waals surface area contributed by atoms with Gasteiger partial charge in [-0.3, -0.25) is 9.59 Å². The van der Waals surface area contributed by atoms with Crippen molar-refractivity contribution >= 4 is 17.9 Å². The molecule has 0 aromatic heterocycles. The van der Waals surface area contributed by atoms with Crippen LogP contribution in [0.4, 0.5) is 0 Å². The molecule has 0 radical (unpaired) electrons. The van der Waals surface area contributed by atoms with Crippen LogP contribution in [0.15, 0.2) is 158 Å². The third-order valence-corrected chi connectivity index (χ3v) is 13.8. The SMILES string of the molecule is CC/C=C\C/C=C\C/C=C\C/C=C\C/C=C\C/C=C\C/C=C\C/C=C\C/C=C\C/C=C\C/C=C\CCCCCCCCCC(=O)OC(COC(=O)CCCCCCCCCCC/C=C\C/C=C\CCCCC)COC(OCC[N+](C)(C)C)C(=O)[O-]. The van der Waals surface area contributed by atoms with E-state index in [-0.39, 0.29) is 38.6 Å². The number of quaternary nitrogens is 1. The fourth-order valence-electron chi connectivity index (χ4n) is 8.63. The molecular weight excluding hydrogens is 1050 g/mol. The molecule has 0 fully saturated rings. The van der Waals surface area contributed by atoms with Gasteiger partial charge in [-0.2, -0.15) is 0 Å². The molecule has 0 aromatic carbocycles. The van der Waals surface area contributed by atoms with Crippen molar-refractivity contribution in [3.05, 3.63) is 158 Å². The molecule has 0 aliphatic heterocycles. The second kappa shape index (κ2) is 64.9. The summed E-state index contributed by atoms with van der Waals surface area (Å²) in [5, 5.41) is 11.8. The van der Waals surface area contributed by atoms with E-state index in [0.29, 0.717) is 17.4 Å². The Kier molecular flexibility index (Phi) is 61.0. The van der Waals surface area contributed by atoms with Crippen LogP contribution in [0.3, 0.4) is 0 Å². The number of nitrogens with zero attached hydrogens (tertiary/aromatic N) is 1. The molecule has 2 atom stereocenters. The van der Waals surface area contributed by atoms with Crippen LogP contribution < -0.4 is 5.11 Å². The second-order valence-electron chi connectivity index (χ2n) is 23.0. The number of hydrogen-bond acceptors (Lipinski definition) is 8. The summed E-state index contributed by atoms with van der Waals surface area (Å²) in [5.41, 5.74) is 0. The predicted molar refractivity (Wildman–Crippen MR) is 361 cm³/mol. The smallest absolute Gasteiger partial charge is 0.306 e. The Morgan fingerprint density at radius 1 is 0.365 bits per heavy atom. The lowest BCUT2D eigenvalue weighted by atomic mass is 10.1. The van der Waals surface area contributed by atoms with Crippen molar-refractivity contribution in [1.29, 1.82) is 0 Å². The highest BCUT2D eigenvalue weighted by atomic mass is 16.7. The molecule has 0 saturated heterocycles. The molecule has 0 spiro atoms. The van der Waals surface area contributed by atoms with Crippen LogP contribution in [0.2, 0.25) is 0 Å². The van der Waals surface area contributed by atoms with E-state index in [1.54, 1.807) is 0 Å². The number of carboxylic acids is 1. The minimum atomic E-state index is -1.64. The largest absolute Gasteiger partial charge is 0.545 e. The van der Waals surface area contributed by atoms with Crippen molar-refractivity contribution in [3.63, 3.8) is 0 Å². The summed E-state index contributed by atoms with van der Waals surface area (Å²) in [6.07, 6.45) is 93.1. The van der Waals surface area contributed by atoms with Gasteiger partial charge in [0, 0.05) is 12.8 Å². The number of allylic oxidation sites excluding steroid dienone is 26. The molecule has 0 aliphatic carbocycles. The Balaban J connectivity index is 4.20. The van der Waals surface area contributed by atoms with Crippen LogP contribution in [0.25, 0.3) is 0 Å². The fourth-order valence-corrected chi connectivity index (χ4v) is 8.63. The lowest BCUT2D eigenvalue weighted by Gasteiger charge is -2.26. The zero-order chi connectivity index (χ0) is 61.9. The van der Waals surface area contributed by atoms with Crippen molar-refractivity contribution in [1.82, 2.24) is 0 Å². The van der Waals surface area contributed by atoms with Gasteiger partial charge >= 0.3 is 11.9 Å². The first-order chi connectivity index (χ1) is 41.6. The van der Waals surface area contributed by atoms with E-state index in [9.17, 15) is 19.5 Å². The second-order valence-corrected chi connectivity index (χ2v) is 23.0. The third kappa shape index (κ3) is 66.3. The van der Waals surface area contributed by atoms with Gasteiger partial charge in [0.15, 0.2) is 12.4 Å². The number of unbranched alkanes of at least 4 members (excludes halogenated alkanes) is 19. The van der Waals surface area contributed by atoms with Crippen molar-refractivity contribution in [2.45, 2.75) is 257 Å². The van der Waals surface area contributed by atoms with Gasteiger partial charge in [0.05, 0.1) is 40.3 Å². The zero-order valence-corrected chi connectivity index (χ0v) is 54.7. The summed E-state index contributed by atoms with van der Waals surface area (Å²) in [4.78, 5) is 37.4. The van der Waals surface area contributed by atoms with Gasteiger partial charge in [-0.15, -0.1) is 0 Å². The average molecular weight is 1180 g/mol. The minimum absolute atomic E-state index is 0.137. The average Bonchev–Trinajstić information content (AvgIpc) is 3.49. The number of carbonyl (C=O) groups excluding carboxylic acids is 3. The first-order valence-electron chi connectivity index (χ1n) is 33.6. The summed E-state index contributed by atoms with van der Waals surface area (Å²) in [6.45, 7) is 4.58. The molecule has 0 N–H and O–H groups in total. The number of ether oxygens (including phenoxy) is 4. The van der Waals surface area contributed by atoms with Gasteiger partial charge in [-0.1, -0.05) is 262 Å². The lowest BCUT2D eigenvalue weighted by Crippen LogP contribution is -2.44. The summed E-state index contributed by atoms with van der Waals surface area (Å²) in [5.74, 6) is -2.32. The van der Waals surface area contributed by atoms with E-state index in [1.165, 1.54) is 77.0 Å². The van der Waals surface area contributed by atoms with Crippen LogP contribution >= 0.6 is 0 Å². The van der Waals surface area contributed by atoms with E-state index in [4.69, 9.17) is 18.9 Å². The van der Waals surface area contributed by atoms with Gasteiger partial charge in [-0.25, -0.2) is 0 Å². The minimum Gasteiger partial charge on any atom is -0.545 e. The lowest BCUT2D eigenvalue weighted by molar-refractivity contribution is -0.870. The number of carboxylic acid groups (broad SMARTS) is 1. The van der Waals surface area contributed by atoms with Gasteiger partial charge in [0.25, 0.3) is 0 Å². The van der Waals surface area contributed by atoms with E-state index < -0.39 is 24.3 Å². The molecule has 480 valence electrons. The van der Waals surface area contributed by atoms with Gasteiger partial charge in [0.1, 0.15) is 13.2 Å². The number of rotatable bonds is 60. The quantitative estimate of drug-likeness (QED) is 0.0195. The molecule has 0 heterocycles. The van der Waals surface area contributed by atoms with Gasteiger partial charge < -0.3 is 33.3 Å². The van der Waals surface area contributed by atoms with E-state index in [1.807, 2.05) is 21.1 Å². The number of aliphatic carboxylic acids is 1. The summed E-state index contributed by atoms with van der Waals surface area (Å²) in [7, 11) is 5.91. The van der Waals surface area contributed by atoms with Gasteiger partial charge in [0.2, 0.25) is 0 Å². The number of esters is 2. The van der Waals surface area contributed by atoms with E-state index in [2.05, 4.69) is 172 Å². The maximum atomic E-state index is 12.9. The van der Waals surface area contributed by atoms with Crippen LogP contribution in [0.5, 0.6) is 0 Å². The van der Waals surface area contributed by atoms with Crippen LogP contribution in [-0.2, 0) is 33.3 Å². The van der Waals surface area contributed by atoms with Crippen LogP contribution in [-0.4, -0.2) is 82.3 Å². The Morgan fingerprint density at radius 3 is 1.00 bits per heavy atom. The fraction of sp³-hybridized carbons (Fsp3) is 0.618. The number of likely N-dealkylation sites (N-methyl/N-ethyl adjacent to an activating group) is 1. The highest BCUT2D eigenvalue weighted by Crippen LogP contribution is 2.15. The van der Waals surface area contributed by atoms with Crippen LogP contribution in [0, 0.1) is 0 Å². The summed E-state index contributed by atoms with van der Waals surface area (Å²) < 4.78 is 22.7. The van der Waals surface area contributed by atoms with E-state index in [0.717, 1.165) is 135 Å². The van der Waals surface area contributed by atoms with Crippen molar-refractivity contribution in [3.8, 4) is 0 Å². The van der Waals surface area contributed by atoms with Crippen molar-refractivity contribution in [2.24, 2.45) is 0 Å². The van der Waals surface area contributed by atoms with Crippen LogP contribution in [0.1, 0.15) is 245 Å². The topological polar surface area (TPSA) is 111 Å². The number of hydrogen-bond donors (Lipinski definition) is 0. The Bertz CT molecular complexity index is 1950.